The minimum Gasteiger partial charge on any atom is -0.129 e. The first-order valence-corrected chi connectivity index (χ1v) is 15.2. The number of rotatable bonds is 0. The summed E-state index contributed by atoms with van der Waals surface area (Å²) < 4.78 is 0. The van der Waals surface area contributed by atoms with Crippen molar-refractivity contribution in [2.45, 2.75) is 17.0 Å². The van der Waals surface area contributed by atoms with Crippen LogP contribution in [-0.2, 0) is 0 Å². The predicted octanol–water partition coefficient (Wildman–Crippen LogP) is 2.78. The van der Waals surface area contributed by atoms with Crippen LogP contribution in [0, 0.1) is 0 Å². The van der Waals surface area contributed by atoms with E-state index < -0.39 is 0 Å². The van der Waals surface area contributed by atoms with Gasteiger partial charge < -0.3 is 0 Å². The summed E-state index contributed by atoms with van der Waals surface area (Å²) in [6.45, 7) is 0. The molecule has 9 heavy (non-hydrogen) atoms. The molecular weight excluding hydrogens is 360 g/mol. The summed E-state index contributed by atoms with van der Waals surface area (Å²) in [6.07, 6.45) is 0. The summed E-state index contributed by atoms with van der Waals surface area (Å²) in [6, 6.07) is 0. The van der Waals surface area contributed by atoms with Crippen molar-refractivity contribution in [1.82, 2.24) is 0 Å². The minimum atomic E-state index is -0.0810. The van der Waals surface area contributed by atoms with Crippen molar-refractivity contribution in [3.8, 4) is 0 Å². The maximum Gasteiger partial charge on any atom is 0.131 e. The molecule has 0 unspecified atom stereocenters. The molecule has 1 aliphatic rings. The van der Waals surface area contributed by atoms with E-state index >= 15 is 0 Å². The highest BCUT2D eigenvalue weighted by atomic mass is 79.9. The minimum absolute atomic E-state index is 0.0810. The van der Waals surface area contributed by atoms with E-state index in [1.165, 1.54) is 17.0 Å². The third kappa shape index (κ3) is 3.33. The van der Waals surface area contributed by atoms with E-state index in [-0.39, 0.29) is 22.2 Å². The van der Waals surface area contributed by atoms with Crippen LogP contribution in [0.1, 0.15) is 0 Å². The lowest BCUT2D eigenvalue weighted by molar-refractivity contribution is 1.68. The predicted molar refractivity (Wildman–Crippen MR) is 58.5 cm³/mol. The number of hydrogen-bond donors (Lipinski definition) is 0. The monoisotopic (exact) mass is 363 g/mol. The second-order valence-electron chi connectivity index (χ2n) is 2.08. The van der Waals surface area contributed by atoms with Crippen LogP contribution >= 0.6 is 45.9 Å². The molecule has 0 aromatic rings. The largest absolute Gasteiger partial charge is 0.131 e. The zero-order chi connectivity index (χ0) is 6.85. The molecule has 0 aliphatic carbocycles. The first kappa shape index (κ1) is 9.18. The standard InChI is InChI=1S/C3H6Br3Si3/c4-7-1-8(5)3-9(6)2-7/h1-3H2. The summed E-state index contributed by atoms with van der Waals surface area (Å²) in [5, 5.41) is 0. The van der Waals surface area contributed by atoms with Crippen molar-refractivity contribution >= 4 is 68.1 Å². The molecule has 1 aliphatic heterocycles. The van der Waals surface area contributed by atoms with E-state index in [1.807, 2.05) is 0 Å². The highest BCUT2D eigenvalue weighted by Crippen LogP contribution is 2.27. The Bertz CT molecular complexity index is 75.3. The Balaban J connectivity index is 2.34. The highest BCUT2D eigenvalue weighted by Gasteiger charge is 2.28. The van der Waals surface area contributed by atoms with Crippen LogP contribution in [0.3, 0.4) is 0 Å². The van der Waals surface area contributed by atoms with E-state index in [9.17, 15) is 0 Å². The van der Waals surface area contributed by atoms with Gasteiger partial charge in [-0.1, -0.05) is 0 Å². The lowest BCUT2D eigenvalue weighted by Gasteiger charge is -2.20. The molecule has 0 aromatic carbocycles. The van der Waals surface area contributed by atoms with Crippen molar-refractivity contribution in [2.24, 2.45) is 0 Å². The van der Waals surface area contributed by atoms with E-state index in [2.05, 4.69) is 45.9 Å². The summed E-state index contributed by atoms with van der Waals surface area (Å²) >= 11 is 11.3. The molecule has 6 heteroatoms. The number of halogens is 3. The second-order valence-corrected chi connectivity index (χ2v) is 19.5. The van der Waals surface area contributed by atoms with Gasteiger partial charge >= 0.3 is 0 Å². The molecule has 0 aromatic heterocycles. The van der Waals surface area contributed by atoms with Crippen molar-refractivity contribution < 1.29 is 0 Å². The van der Waals surface area contributed by atoms with Crippen LogP contribution in [0.5, 0.6) is 0 Å². The molecule has 1 fully saturated rings. The quantitative estimate of drug-likeness (QED) is 0.457. The smallest absolute Gasteiger partial charge is 0.129 e. The molecule has 0 bridgehead atoms. The first-order chi connectivity index (χ1) is 4.18. The molecule has 0 atom stereocenters. The van der Waals surface area contributed by atoms with Gasteiger partial charge in [0.15, 0.2) is 0 Å². The summed E-state index contributed by atoms with van der Waals surface area (Å²) in [5.41, 5.74) is 4.49. The molecule has 1 saturated heterocycles. The molecule has 0 saturated carbocycles. The maximum absolute atomic E-state index is 3.76. The van der Waals surface area contributed by atoms with Gasteiger partial charge in [-0.2, -0.15) is 0 Å². The second kappa shape index (κ2) is 4.20. The average Bonchev–Trinajstić information content (AvgIpc) is 1.59. The average molecular weight is 366 g/mol. The zero-order valence-corrected chi connectivity index (χ0v) is 12.5. The van der Waals surface area contributed by atoms with Crippen LogP contribution in [0.25, 0.3) is 0 Å². The van der Waals surface area contributed by atoms with Gasteiger partial charge in [-0.05, 0) is 17.0 Å². The van der Waals surface area contributed by atoms with Crippen molar-refractivity contribution in [1.29, 1.82) is 0 Å². The normalized spacial score (nSPS) is 27.0. The van der Waals surface area contributed by atoms with Crippen molar-refractivity contribution in [3.05, 3.63) is 0 Å². The molecule has 51 valence electrons. The molecule has 0 N–H and O–H groups in total. The lowest BCUT2D eigenvalue weighted by Crippen LogP contribution is -2.29. The van der Waals surface area contributed by atoms with Gasteiger partial charge in [0.05, 0.1) is 0 Å². The van der Waals surface area contributed by atoms with Gasteiger partial charge in [-0.25, -0.2) is 0 Å². The van der Waals surface area contributed by atoms with Gasteiger partial charge in [0, 0.05) is 0 Å². The van der Waals surface area contributed by atoms with Gasteiger partial charge in [0.2, 0.25) is 0 Å². The van der Waals surface area contributed by atoms with Gasteiger partial charge in [0.1, 0.15) is 22.2 Å². The Labute approximate surface area is 84.3 Å². The van der Waals surface area contributed by atoms with Gasteiger partial charge in [0.25, 0.3) is 0 Å². The first-order valence-electron chi connectivity index (χ1n) is 2.69. The van der Waals surface area contributed by atoms with Crippen molar-refractivity contribution in [2.75, 3.05) is 0 Å². The van der Waals surface area contributed by atoms with Crippen LogP contribution < -0.4 is 0 Å². The molecule has 0 nitrogen and oxygen atoms in total. The molecule has 0 spiro atoms. The van der Waals surface area contributed by atoms with Gasteiger partial charge in [-0.3, -0.25) is 0 Å². The van der Waals surface area contributed by atoms with E-state index in [4.69, 9.17) is 0 Å². The Hall–Kier alpha value is 2.09. The Morgan fingerprint density at radius 3 is 1.11 bits per heavy atom. The highest BCUT2D eigenvalue weighted by molar-refractivity contribution is 9.27. The Morgan fingerprint density at radius 2 is 0.889 bits per heavy atom. The fraction of sp³-hybridized carbons (Fsp3) is 1.00. The lowest BCUT2D eigenvalue weighted by atomic mass is 11.8. The molecule has 3 radical (unpaired) electrons. The van der Waals surface area contributed by atoms with Gasteiger partial charge in [-0.15, -0.1) is 45.9 Å². The zero-order valence-electron chi connectivity index (χ0n) is 4.76. The SMILES string of the molecule is Br[Si]1C[Si](Br)C[Si](Br)C1. The van der Waals surface area contributed by atoms with E-state index in [0.29, 0.717) is 0 Å². The maximum atomic E-state index is 3.76. The van der Waals surface area contributed by atoms with Crippen LogP contribution in [0.4, 0.5) is 0 Å². The third-order valence-corrected chi connectivity index (χ3v) is 25.5. The van der Waals surface area contributed by atoms with Crippen LogP contribution in [-0.4, -0.2) is 22.2 Å². The Kier molecular flexibility index (Phi) is 4.28. The van der Waals surface area contributed by atoms with Crippen LogP contribution in [0.15, 0.2) is 0 Å². The molecule has 1 rings (SSSR count). The fourth-order valence-electron chi connectivity index (χ4n) is 0.812. The topological polar surface area (TPSA) is 0 Å². The van der Waals surface area contributed by atoms with E-state index in [1.54, 1.807) is 0 Å². The van der Waals surface area contributed by atoms with E-state index in [0.717, 1.165) is 0 Å². The third-order valence-electron chi connectivity index (χ3n) is 1.15. The Morgan fingerprint density at radius 1 is 0.667 bits per heavy atom. The molecule has 0 amide bonds. The van der Waals surface area contributed by atoms with Crippen LogP contribution in [0.2, 0.25) is 17.0 Å². The number of hydrogen-bond acceptors (Lipinski definition) is 0. The molecule has 1 heterocycles. The molecular formula is C3H6Br3Si3. The summed E-state index contributed by atoms with van der Waals surface area (Å²) in [7, 11) is -0.243. The fourth-order valence-corrected chi connectivity index (χ4v) is 39.1. The summed E-state index contributed by atoms with van der Waals surface area (Å²) in [4.78, 5) is 0. The summed E-state index contributed by atoms with van der Waals surface area (Å²) in [5.74, 6) is 0. The van der Waals surface area contributed by atoms with Crippen molar-refractivity contribution in [3.63, 3.8) is 0 Å².